The molecule has 1 saturated heterocycles. The van der Waals surface area contributed by atoms with Crippen molar-refractivity contribution < 1.29 is 28.7 Å². The van der Waals surface area contributed by atoms with E-state index >= 15 is 0 Å². The molecule has 184 valence electrons. The van der Waals surface area contributed by atoms with Crippen LogP contribution in [0, 0.1) is 0 Å². The molecule has 0 aliphatic carbocycles. The number of nitrogens with one attached hydrogen (secondary N) is 3. The SMILES string of the molecule is NC(=O)C(Cc1c[nH]c2ccccc12)NC(=O)C1CC(NC(=O)CO)CCN1C(=O)c1ccco1. The Morgan fingerprint density at radius 2 is 2.00 bits per heavy atom. The molecule has 0 radical (unpaired) electrons. The van der Waals surface area contributed by atoms with E-state index < -0.39 is 48.4 Å². The number of carbonyl (C=O) groups is 4. The standard InChI is InChI=1S/C24H27N5O6/c25-22(32)18(10-14-12-26-17-5-2-1-4-16(14)17)28-23(33)19-11-15(27-21(31)13-30)7-8-29(19)24(34)20-6-3-9-35-20/h1-6,9,12,15,18-19,26,30H,7-8,10-11,13H2,(H2,25,32)(H,27,31)(H,28,33). The van der Waals surface area contributed by atoms with Crippen molar-refractivity contribution in [3.8, 4) is 0 Å². The van der Waals surface area contributed by atoms with Crippen LogP contribution in [0.25, 0.3) is 10.9 Å². The monoisotopic (exact) mass is 481 g/mol. The summed E-state index contributed by atoms with van der Waals surface area (Å²) in [5.74, 6) is -2.26. The van der Waals surface area contributed by atoms with Crippen molar-refractivity contribution in [2.24, 2.45) is 5.73 Å². The highest BCUT2D eigenvalue weighted by molar-refractivity contribution is 5.97. The Hall–Kier alpha value is -4.12. The average molecular weight is 482 g/mol. The van der Waals surface area contributed by atoms with E-state index in [1.807, 2.05) is 24.3 Å². The van der Waals surface area contributed by atoms with Crippen LogP contribution < -0.4 is 16.4 Å². The van der Waals surface area contributed by atoms with Gasteiger partial charge in [-0.15, -0.1) is 0 Å². The van der Waals surface area contributed by atoms with Crippen LogP contribution in [0.2, 0.25) is 0 Å². The Kier molecular flexibility index (Phi) is 7.16. The number of furan rings is 1. The molecule has 0 saturated carbocycles. The van der Waals surface area contributed by atoms with Gasteiger partial charge >= 0.3 is 0 Å². The Bertz CT molecular complexity index is 1220. The van der Waals surface area contributed by atoms with Crippen LogP contribution in [0.15, 0.2) is 53.3 Å². The van der Waals surface area contributed by atoms with Crippen molar-refractivity contribution in [3.05, 3.63) is 60.2 Å². The molecule has 6 N–H and O–H groups in total. The van der Waals surface area contributed by atoms with E-state index in [2.05, 4.69) is 15.6 Å². The number of benzene rings is 1. The summed E-state index contributed by atoms with van der Waals surface area (Å²) in [4.78, 5) is 54.8. The maximum atomic E-state index is 13.4. The lowest BCUT2D eigenvalue weighted by atomic mass is 9.95. The van der Waals surface area contributed by atoms with Crippen LogP contribution in [-0.2, 0) is 20.8 Å². The van der Waals surface area contributed by atoms with Crippen LogP contribution >= 0.6 is 0 Å². The Morgan fingerprint density at radius 3 is 2.71 bits per heavy atom. The molecule has 1 aliphatic heterocycles. The quantitative estimate of drug-likeness (QED) is 0.304. The molecule has 1 aliphatic rings. The van der Waals surface area contributed by atoms with Gasteiger partial charge in [0.05, 0.1) is 6.26 Å². The maximum Gasteiger partial charge on any atom is 0.290 e. The molecule has 2 aromatic heterocycles. The van der Waals surface area contributed by atoms with E-state index in [0.717, 1.165) is 16.5 Å². The molecule has 3 unspecified atom stereocenters. The zero-order chi connectivity index (χ0) is 24.9. The highest BCUT2D eigenvalue weighted by Gasteiger charge is 2.39. The first-order valence-electron chi connectivity index (χ1n) is 11.3. The Balaban J connectivity index is 1.54. The van der Waals surface area contributed by atoms with Gasteiger partial charge in [-0.3, -0.25) is 19.2 Å². The number of H-pyrrole nitrogens is 1. The highest BCUT2D eigenvalue weighted by atomic mass is 16.3. The van der Waals surface area contributed by atoms with E-state index in [0.29, 0.717) is 6.42 Å². The lowest BCUT2D eigenvalue weighted by Crippen LogP contribution is -2.60. The minimum absolute atomic E-state index is 0.0749. The number of aromatic nitrogens is 1. The van der Waals surface area contributed by atoms with Crippen LogP contribution in [0.4, 0.5) is 0 Å². The lowest BCUT2D eigenvalue weighted by molar-refractivity contribution is -0.132. The fourth-order valence-electron chi connectivity index (χ4n) is 4.41. The van der Waals surface area contributed by atoms with Crippen molar-refractivity contribution in [2.45, 2.75) is 37.4 Å². The number of hydrogen-bond donors (Lipinski definition) is 5. The van der Waals surface area contributed by atoms with Gasteiger partial charge in [0.15, 0.2) is 5.76 Å². The van der Waals surface area contributed by atoms with Gasteiger partial charge in [0.2, 0.25) is 17.7 Å². The number of aromatic amines is 1. The van der Waals surface area contributed by atoms with E-state index in [-0.39, 0.29) is 25.1 Å². The molecule has 4 rings (SSSR count). The van der Waals surface area contributed by atoms with Gasteiger partial charge in [-0.2, -0.15) is 0 Å². The van der Waals surface area contributed by atoms with Crippen molar-refractivity contribution in [1.82, 2.24) is 20.5 Å². The first-order chi connectivity index (χ1) is 16.9. The summed E-state index contributed by atoms with van der Waals surface area (Å²) in [6.45, 7) is -0.519. The summed E-state index contributed by atoms with van der Waals surface area (Å²) < 4.78 is 5.21. The van der Waals surface area contributed by atoms with Crippen LogP contribution in [0.5, 0.6) is 0 Å². The number of primary amides is 1. The van der Waals surface area contributed by atoms with Crippen molar-refractivity contribution in [3.63, 3.8) is 0 Å². The number of nitrogens with zero attached hydrogens (tertiary/aromatic N) is 1. The van der Waals surface area contributed by atoms with E-state index in [9.17, 15) is 19.2 Å². The van der Waals surface area contributed by atoms with Gasteiger partial charge in [0, 0.05) is 36.1 Å². The van der Waals surface area contributed by atoms with Gasteiger partial charge in [-0.05, 0) is 36.6 Å². The number of fused-ring (bicyclic) bond motifs is 1. The number of aliphatic hydroxyl groups is 1. The third-order valence-electron chi connectivity index (χ3n) is 6.17. The number of piperidine rings is 1. The third kappa shape index (κ3) is 5.35. The fraction of sp³-hybridized carbons (Fsp3) is 0.333. The second kappa shape index (κ2) is 10.4. The van der Waals surface area contributed by atoms with Crippen molar-refractivity contribution >= 4 is 34.5 Å². The maximum absolute atomic E-state index is 13.4. The molecule has 35 heavy (non-hydrogen) atoms. The largest absolute Gasteiger partial charge is 0.459 e. The minimum Gasteiger partial charge on any atom is -0.459 e. The van der Waals surface area contributed by atoms with E-state index in [4.69, 9.17) is 15.3 Å². The summed E-state index contributed by atoms with van der Waals surface area (Å²) in [7, 11) is 0. The predicted octanol–water partition coefficient (Wildman–Crippen LogP) is 0.0554. The number of likely N-dealkylation sites (tertiary alicyclic amines) is 1. The molecule has 3 heterocycles. The molecule has 3 atom stereocenters. The average Bonchev–Trinajstić information content (AvgIpc) is 3.53. The Labute approximate surface area is 200 Å². The number of rotatable bonds is 8. The molecular weight excluding hydrogens is 454 g/mol. The lowest BCUT2D eigenvalue weighted by Gasteiger charge is -2.38. The first-order valence-corrected chi connectivity index (χ1v) is 11.3. The molecule has 0 spiro atoms. The molecule has 1 fully saturated rings. The smallest absolute Gasteiger partial charge is 0.290 e. The number of hydrogen-bond acceptors (Lipinski definition) is 6. The minimum atomic E-state index is -1.02. The van der Waals surface area contributed by atoms with Gasteiger partial charge < -0.3 is 35.8 Å². The summed E-state index contributed by atoms with van der Waals surface area (Å²) in [6.07, 6.45) is 3.77. The van der Waals surface area contributed by atoms with Crippen molar-refractivity contribution in [1.29, 1.82) is 0 Å². The summed E-state index contributed by atoms with van der Waals surface area (Å²) in [5, 5.41) is 15.3. The van der Waals surface area contributed by atoms with Crippen LogP contribution in [0.3, 0.4) is 0 Å². The predicted molar refractivity (Wildman–Crippen MR) is 125 cm³/mol. The summed E-state index contributed by atoms with van der Waals surface area (Å²) >= 11 is 0. The molecule has 3 aromatic rings. The second-order valence-corrected chi connectivity index (χ2v) is 8.47. The second-order valence-electron chi connectivity index (χ2n) is 8.47. The van der Waals surface area contributed by atoms with E-state index in [1.54, 1.807) is 12.3 Å². The van der Waals surface area contributed by atoms with Gasteiger partial charge in [-0.1, -0.05) is 18.2 Å². The first kappa shape index (κ1) is 24.0. The van der Waals surface area contributed by atoms with E-state index in [1.165, 1.54) is 17.2 Å². The van der Waals surface area contributed by atoms with Gasteiger partial charge in [0.1, 0.15) is 18.7 Å². The molecule has 1 aromatic carbocycles. The van der Waals surface area contributed by atoms with Crippen molar-refractivity contribution in [2.75, 3.05) is 13.2 Å². The third-order valence-corrected chi connectivity index (χ3v) is 6.17. The van der Waals surface area contributed by atoms with Gasteiger partial charge in [0.25, 0.3) is 5.91 Å². The fourth-order valence-corrected chi connectivity index (χ4v) is 4.41. The highest BCUT2D eigenvalue weighted by Crippen LogP contribution is 2.22. The Morgan fingerprint density at radius 1 is 1.20 bits per heavy atom. The van der Waals surface area contributed by atoms with Crippen LogP contribution in [-0.4, -0.2) is 69.9 Å². The zero-order valence-electron chi connectivity index (χ0n) is 18.9. The van der Waals surface area contributed by atoms with Crippen LogP contribution in [0.1, 0.15) is 29.0 Å². The number of para-hydroxylation sites is 1. The number of nitrogens with two attached hydrogens (primary N) is 1. The summed E-state index contributed by atoms with van der Waals surface area (Å²) in [6, 6.07) is 8.18. The number of aliphatic hydroxyl groups excluding tert-OH is 1. The topological polar surface area (TPSA) is 171 Å². The normalized spacial score (nSPS) is 18.7. The number of amides is 4. The molecule has 11 nitrogen and oxygen atoms in total. The summed E-state index contributed by atoms with van der Waals surface area (Å²) in [5.41, 5.74) is 7.31. The molecule has 0 bridgehead atoms. The number of carbonyl (C=O) groups excluding carboxylic acids is 4. The van der Waals surface area contributed by atoms with Gasteiger partial charge in [-0.25, -0.2) is 0 Å². The molecule has 11 heteroatoms. The molecular formula is C24H27N5O6. The zero-order valence-corrected chi connectivity index (χ0v) is 18.9. The molecule has 4 amide bonds.